The molecule has 0 unspecified atom stereocenters. The minimum Gasteiger partial charge on any atom is -0.410 e. The van der Waals surface area contributed by atoms with Crippen molar-refractivity contribution >= 4 is 12.0 Å². The minimum absolute atomic E-state index is 0.337. The Morgan fingerprint density at radius 1 is 0.938 bits per heavy atom. The first-order valence-electron chi connectivity index (χ1n) is 10.9. The molecule has 4 rings (SSSR count). The van der Waals surface area contributed by atoms with Crippen molar-refractivity contribution in [2.75, 3.05) is 32.7 Å². The maximum atomic E-state index is 12.6. The highest BCUT2D eigenvalue weighted by atomic mass is 16.6. The van der Waals surface area contributed by atoms with Crippen LogP contribution in [-0.2, 0) is 6.42 Å². The fourth-order valence-electron chi connectivity index (χ4n) is 3.88. The van der Waals surface area contributed by atoms with E-state index in [1.54, 1.807) is 40.1 Å². The van der Waals surface area contributed by atoms with E-state index >= 15 is 0 Å². The standard InChI is InChI=1S/C25H28N4O3/c26-24(30)21-11-13-29(19-21)22-9-4-10-23(18-22)32-25(31)28-16-14-27(15-17-28)12-5-8-20-6-2-1-3-7-20/h1-4,6-7,9-11,13,18-19H,5,8,12,14-17H2,(H2,26,30). The van der Waals surface area contributed by atoms with Crippen molar-refractivity contribution in [3.8, 4) is 11.4 Å². The number of nitrogens with zero attached hydrogens (tertiary/aromatic N) is 3. The smallest absolute Gasteiger partial charge is 0.410 e. The molecule has 1 aliphatic heterocycles. The molecule has 1 aliphatic rings. The average molecular weight is 433 g/mol. The number of hydrogen-bond acceptors (Lipinski definition) is 4. The summed E-state index contributed by atoms with van der Waals surface area (Å²) in [7, 11) is 0. The number of piperazine rings is 1. The summed E-state index contributed by atoms with van der Waals surface area (Å²) in [5.41, 5.74) is 7.89. The summed E-state index contributed by atoms with van der Waals surface area (Å²) in [6, 6.07) is 19.4. The average Bonchev–Trinajstić information content (AvgIpc) is 3.31. The Labute approximate surface area is 188 Å². The number of benzene rings is 2. The topological polar surface area (TPSA) is 80.8 Å². The van der Waals surface area contributed by atoms with Gasteiger partial charge < -0.3 is 19.9 Å². The predicted octanol–water partition coefficient (Wildman–Crippen LogP) is 3.33. The van der Waals surface area contributed by atoms with Crippen molar-refractivity contribution in [2.24, 2.45) is 5.73 Å². The third-order valence-corrected chi connectivity index (χ3v) is 5.71. The molecule has 7 nitrogen and oxygen atoms in total. The Morgan fingerprint density at radius 2 is 1.72 bits per heavy atom. The van der Waals surface area contributed by atoms with E-state index < -0.39 is 5.91 Å². The van der Waals surface area contributed by atoms with Crippen molar-refractivity contribution in [2.45, 2.75) is 12.8 Å². The molecular weight excluding hydrogens is 404 g/mol. The van der Waals surface area contributed by atoms with Crippen LogP contribution in [0.25, 0.3) is 5.69 Å². The highest BCUT2D eigenvalue weighted by Crippen LogP contribution is 2.19. The molecule has 7 heteroatoms. The zero-order valence-electron chi connectivity index (χ0n) is 18.0. The summed E-state index contributed by atoms with van der Waals surface area (Å²) < 4.78 is 7.38. The van der Waals surface area contributed by atoms with Gasteiger partial charge in [-0.05, 0) is 43.1 Å². The van der Waals surface area contributed by atoms with E-state index in [1.807, 2.05) is 18.2 Å². The molecule has 2 heterocycles. The number of nitrogens with two attached hydrogens (primary N) is 1. The summed E-state index contributed by atoms with van der Waals surface area (Å²) in [5.74, 6) is -0.0161. The Balaban J connectivity index is 1.25. The molecule has 2 amide bonds. The zero-order valence-corrected chi connectivity index (χ0v) is 18.0. The van der Waals surface area contributed by atoms with Crippen LogP contribution in [0.15, 0.2) is 73.1 Å². The van der Waals surface area contributed by atoms with Crippen LogP contribution in [0, 0.1) is 0 Å². The predicted molar refractivity (Wildman–Crippen MR) is 123 cm³/mol. The van der Waals surface area contributed by atoms with Gasteiger partial charge >= 0.3 is 6.09 Å². The van der Waals surface area contributed by atoms with E-state index in [1.165, 1.54) is 5.56 Å². The maximum Gasteiger partial charge on any atom is 0.415 e. The second-order valence-electron chi connectivity index (χ2n) is 7.95. The Kier molecular flexibility index (Phi) is 6.87. The molecule has 1 saturated heterocycles. The van der Waals surface area contributed by atoms with Gasteiger partial charge in [0.1, 0.15) is 5.75 Å². The van der Waals surface area contributed by atoms with Gasteiger partial charge in [-0.2, -0.15) is 0 Å². The third kappa shape index (κ3) is 5.56. The molecule has 0 bridgehead atoms. The number of primary amides is 1. The van der Waals surface area contributed by atoms with E-state index in [-0.39, 0.29) is 6.09 Å². The van der Waals surface area contributed by atoms with Crippen LogP contribution in [0.1, 0.15) is 22.3 Å². The first-order chi connectivity index (χ1) is 15.6. The van der Waals surface area contributed by atoms with E-state index in [4.69, 9.17) is 10.5 Å². The number of ether oxygens (including phenoxy) is 1. The zero-order chi connectivity index (χ0) is 22.3. The van der Waals surface area contributed by atoms with Gasteiger partial charge in [-0.3, -0.25) is 9.69 Å². The summed E-state index contributed by atoms with van der Waals surface area (Å²) >= 11 is 0. The van der Waals surface area contributed by atoms with Crippen LogP contribution < -0.4 is 10.5 Å². The van der Waals surface area contributed by atoms with Gasteiger partial charge in [-0.1, -0.05) is 36.4 Å². The van der Waals surface area contributed by atoms with Crippen LogP contribution in [0.2, 0.25) is 0 Å². The van der Waals surface area contributed by atoms with Crippen molar-refractivity contribution in [1.29, 1.82) is 0 Å². The molecule has 1 aromatic heterocycles. The molecule has 0 aliphatic carbocycles. The van der Waals surface area contributed by atoms with Crippen molar-refractivity contribution in [1.82, 2.24) is 14.4 Å². The number of amides is 2. The SMILES string of the molecule is NC(=O)c1ccn(-c2cccc(OC(=O)N3CCN(CCCc4ccccc4)CC3)c2)c1. The van der Waals surface area contributed by atoms with Crippen molar-refractivity contribution in [3.63, 3.8) is 0 Å². The molecule has 32 heavy (non-hydrogen) atoms. The van der Waals surface area contributed by atoms with Gasteiger partial charge in [0, 0.05) is 50.3 Å². The van der Waals surface area contributed by atoms with Gasteiger partial charge in [0.05, 0.1) is 5.56 Å². The number of hydrogen-bond donors (Lipinski definition) is 1. The second-order valence-corrected chi connectivity index (χ2v) is 7.95. The highest BCUT2D eigenvalue weighted by Gasteiger charge is 2.22. The van der Waals surface area contributed by atoms with E-state index in [2.05, 4.69) is 29.2 Å². The van der Waals surface area contributed by atoms with Gasteiger partial charge in [-0.15, -0.1) is 0 Å². The lowest BCUT2D eigenvalue weighted by molar-refractivity contribution is 0.1000. The quantitative estimate of drug-likeness (QED) is 0.621. The van der Waals surface area contributed by atoms with Gasteiger partial charge in [-0.25, -0.2) is 4.79 Å². The molecule has 2 aromatic carbocycles. The highest BCUT2D eigenvalue weighted by molar-refractivity contribution is 5.92. The molecule has 0 atom stereocenters. The fraction of sp³-hybridized carbons (Fsp3) is 0.280. The van der Waals surface area contributed by atoms with Crippen LogP contribution in [0.4, 0.5) is 4.79 Å². The van der Waals surface area contributed by atoms with Gasteiger partial charge in [0.2, 0.25) is 5.91 Å². The van der Waals surface area contributed by atoms with E-state index in [9.17, 15) is 9.59 Å². The Hall–Kier alpha value is -3.58. The Bertz CT molecular complexity index is 1060. The summed E-state index contributed by atoms with van der Waals surface area (Å²) in [6.07, 6.45) is 5.24. The van der Waals surface area contributed by atoms with Crippen LogP contribution in [0.5, 0.6) is 5.75 Å². The van der Waals surface area contributed by atoms with Gasteiger partial charge in [0.15, 0.2) is 0 Å². The number of carbonyl (C=O) groups is 2. The number of aryl methyl sites for hydroxylation is 1. The van der Waals surface area contributed by atoms with Crippen molar-refractivity contribution in [3.05, 3.63) is 84.2 Å². The van der Waals surface area contributed by atoms with Crippen LogP contribution >= 0.6 is 0 Å². The first-order valence-corrected chi connectivity index (χ1v) is 10.9. The van der Waals surface area contributed by atoms with Crippen LogP contribution in [0.3, 0.4) is 0 Å². The molecule has 3 aromatic rings. The van der Waals surface area contributed by atoms with E-state index in [0.29, 0.717) is 24.4 Å². The summed E-state index contributed by atoms with van der Waals surface area (Å²) in [6.45, 7) is 4.04. The normalized spacial score (nSPS) is 14.3. The third-order valence-electron chi connectivity index (χ3n) is 5.71. The first kappa shape index (κ1) is 21.6. The number of aromatic nitrogens is 1. The summed E-state index contributed by atoms with van der Waals surface area (Å²) in [4.78, 5) is 28.1. The Morgan fingerprint density at radius 3 is 2.44 bits per heavy atom. The number of carbonyl (C=O) groups excluding carboxylic acids is 2. The molecular formula is C25H28N4O3. The lowest BCUT2D eigenvalue weighted by Crippen LogP contribution is -2.49. The lowest BCUT2D eigenvalue weighted by Gasteiger charge is -2.34. The lowest BCUT2D eigenvalue weighted by atomic mass is 10.1. The van der Waals surface area contributed by atoms with E-state index in [0.717, 1.165) is 38.2 Å². The maximum absolute atomic E-state index is 12.6. The van der Waals surface area contributed by atoms with Gasteiger partial charge in [0.25, 0.3) is 0 Å². The molecule has 0 spiro atoms. The molecule has 1 fully saturated rings. The fourth-order valence-corrected chi connectivity index (χ4v) is 3.88. The molecule has 166 valence electrons. The monoisotopic (exact) mass is 432 g/mol. The minimum atomic E-state index is -0.481. The molecule has 0 saturated carbocycles. The van der Waals surface area contributed by atoms with Crippen LogP contribution in [-0.4, -0.2) is 59.1 Å². The second kappa shape index (κ2) is 10.2. The largest absolute Gasteiger partial charge is 0.415 e. The van der Waals surface area contributed by atoms with Crippen molar-refractivity contribution < 1.29 is 14.3 Å². The summed E-state index contributed by atoms with van der Waals surface area (Å²) in [5, 5.41) is 0. The molecule has 2 N–H and O–H groups in total. The number of rotatable bonds is 7. The molecule has 0 radical (unpaired) electrons.